The number of anilines is 1. The summed E-state index contributed by atoms with van der Waals surface area (Å²) in [5.41, 5.74) is 1.35. The number of nitrogens with zero attached hydrogens (tertiary/aromatic N) is 1. The molecule has 3 aromatic rings. The van der Waals surface area contributed by atoms with Crippen molar-refractivity contribution in [2.45, 2.75) is 6.42 Å². The number of rotatable bonds is 11. The molecule has 9 nitrogen and oxygen atoms in total. The van der Waals surface area contributed by atoms with Crippen molar-refractivity contribution in [3.63, 3.8) is 0 Å². The summed E-state index contributed by atoms with van der Waals surface area (Å²) in [4.78, 5) is 28.5. The van der Waals surface area contributed by atoms with E-state index in [1.54, 1.807) is 56.0 Å². The zero-order valence-electron chi connectivity index (χ0n) is 18.5. The summed E-state index contributed by atoms with van der Waals surface area (Å²) in [5, 5.41) is 4.78. The Bertz CT molecular complexity index is 1100. The van der Waals surface area contributed by atoms with Gasteiger partial charge in [0, 0.05) is 10.9 Å². The number of amides is 1. The van der Waals surface area contributed by atoms with Crippen molar-refractivity contribution in [3.8, 4) is 34.3 Å². The van der Waals surface area contributed by atoms with Crippen molar-refractivity contribution < 1.29 is 33.3 Å². The summed E-state index contributed by atoms with van der Waals surface area (Å²) in [7, 11) is 4.67. The first-order chi connectivity index (χ1) is 16.0. The van der Waals surface area contributed by atoms with E-state index in [1.807, 2.05) is 6.07 Å². The number of benzene rings is 2. The van der Waals surface area contributed by atoms with E-state index < -0.39 is 18.5 Å². The quantitative estimate of drug-likeness (QED) is 0.420. The minimum atomic E-state index is -0.555. The van der Waals surface area contributed by atoms with Gasteiger partial charge in [-0.25, -0.2) is 4.98 Å². The molecule has 33 heavy (non-hydrogen) atoms. The number of thiazole rings is 1. The number of esters is 1. The van der Waals surface area contributed by atoms with E-state index >= 15 is 0 Å². The lowest BCUT2D eigenvalue weighted by atomic mass is 10.1. The molecule has 0 spiro atoms. The fourth-order valence-corrected chi connectivity index (χ4v) is 3.55. The maximum Gasteiger partial charge on any atom is 0.309 e. The molecule has 1 heterocycles. The fraction of sp³-hybridized carbons (Fsp3) is 0.261. The second kappa shape index (κ2) is 11.7. The molecule has 1 amide bonds. The Morgan fingerprint density at radius 3 is 2.45 bits per heavy atom. The van der Waals surface area contributed by atoms with Crippen LogP contribution in [-0.4, -0.2) is 51.4 Å². The number of carbonyl (C=O) groups excluding carboxylic acids is 2. The average Bonchev–Trinajstić information content (AvgIpc) is 3.30. The molecule has 0 aliphatic carbocycles. The third kappa shape index (κ3) is 6.59. The van der Waals surface area contributed by atoms with Gasteiger partial charge in [-0.15, -0.1) is 11.3 Å². The molecule has 0 atom stereocenters. The fourth-order valence-electron chi connectivity index (χ4n) is 2.83. The van der Waals surface area contributed by atoms with Gasteiger partial charge >= 0.3 is 5.97 Å². The number of para-hydroxylation sites is 2. The molecule has 0 aliphatic rings. The van der Waals surface area contributed by atoms with Crippen LogP contribution in [0.15, 0.2) is 47.8 Å². The Labute approximate surface area is 195 Å². The third-order valence-corrected chi connectivity index (χ3v) is 5.19. The van der Waals surface area contributed by atoms with Crippen LogP contribution in [0.3, 0.4) is 0 Å². The standard InChI is InChI=1S/C23H24N2O7S/c1-28-15-8-9-18(29-2)16(12-15)17-14-33-23(24-17)25-21(26)13-32-22(27)10-11-31-20-7-5-4-6-19(20)30-3/h4-9,12,14H,10-11,13H2,1-3H3,(H,24,25,26). The normalized spacial score (nSPS) is 10.3. The van der Waals surface area contributed by atoms with Crippen molar-refractivity contribution in [2.75, 3.05) is 39.9 Å². The molecule has 1 aromatic heterocycles. The summed E-state index contributed by atoms with van der Waals surface area (Å²) in [6.07, 6.45) is -0.0115. The number of hydrogen-bond acceptors (Lipinski definition) is 9. The van der Waals surface area contributed by atoms with E-state index in [2.05, 4.69) is 10.3 Å². The van der Waals surface area contributed by atoms with Gasteiger partial charge in [-0.1, -0.05) is 12.1 Å². The van der Waals surface area contributed by atoms with E-state index in [-0.39, 0.29) is 13.0 Å². The molecule has 10 heteroatoms. The van der Waals surface area contributed by atoms with Crippen molar-refractivity contribution in [1.29, 1.82) is 0 Å². The largest absolute Gasteiger partial charge is 0.497 e. The van der Waals surface area contributed by atoms with E-state index in [1.165, 1.54) is 18.4 Å². The number of carbonyl (C=O) groups is 2. The molecule has 0 bridgehead atoms. The van der Waals surface area contributed by atoms with E-state index in [0.29, 0.717) is 33.8 Å². The van der Waals surface area contributed by atoms with Crippen molar-refractivity contribution >= 4 is 28.3 Å². The predicted octanol–water partition coefficient (Wildman–Crippen LogP) is 3.79. The molecule has 3 rings (SSSR count). The number of ether oxygens (including phenoxy) is 5. The van der Waals surface area contributed by atoms with Crippen LogP contribution in [0.4, 0.5) is 5.13 Å². The second-order valence-electron chi connectivity index (χ2n) is 6.56. The summed E-state index contributed by atoms with van der Waals surface area (Å²) in [6, 6.07) is 12.5. The average molecular weight is 473 g/mol. The second-order valence-corrected chi connectivity index (χ2v) is 7.42. The maximum atomic E-state index is 12.2. The highest BCUT2D eigenvalue weighted by Gasteiger charge is 2.14. The summed E-state index contributed by atoms with van der Waals surface area (Å²) >= 11 is 1.24. The minimum Gasteiger partial charge on any atom is -0.497 e. The molecule has 1 N–H and O–H groups in total. The van der Waals surface area contributed by atoms with Crippen LogP contribution in [0, 0.1) is 0 Å². The highest BCUT2D eigenvalue weighted by molar-refractivity contribution is 7.14. The Morgan fingerprint density at radius 1 is 0.970 bits per heavy atom. The maximum absolute atomic E-state index is 12.2. The van der Waals surface area contributed by atoms with E-state index in [4.69, 9.17) is 23.7 Å². The van der Waals surface area contributed by atoms with Gasteiger partial charge in [0.05, 0.1) is 40.1 Å². The lowest BCUT2D eigenvalue weighted by molar-refractivity contribution is -0.147. The van der Waals surface area contributed by atoms with Crippen LogP contribution < -0.4 is 24.3 Å². The van der Waals surface area contributed by atoms with Gasteiger partial charge in [0.2, 0.25) is 0 Å². The zero-order chi connectivity index (χ0) is 23.6. The highest BCUT2D eigenvalue weighted by Crippen LogP contribution is 2.35. The van der Waals surface area contributed by atoms with E-state index in [0.717, 1.165) is 5.56 Å². The minimum absolute atomic E-state index is 0.0115. The van der Waals surface area contributed by atoms with Crippen LogP contribution in [0.25, 0.3) is 11.3 Å². The molecule has 174 valence electrons. The monoisotopic (exact) mass is 472 g/mol. The molecule has 0 radical (unpaired) electrons. The van der Waals surface area contributed by atoms with Gasteiger partial charge in [0.1, 0.15) is 11.5 Å². The van der Waals surface area contributed by atoms with Crippen LogP contribution in [-0.2, 0) is 14.3 Å². The van der Waals surface area contributed by atoms with Gasteiger partial charge in [-0.2, -0.15) is 0 Å². The van der Waals surface area contributed by atoms with Gasteiger partial charge in [-0.3, -0.25) is 14.9 Å². The van der Waals surface area contributed by atoms with Crippen molar-refractivity contribution in [2.24, 2.45) is 0 Å². The number of methoxy groups -OCH3 is 3. The highest BCUT2D eigenvalue weighted by atomic mass is 32.1. The van der Waals surface area contributed by atoms with Crippen LogP contribution in [0.1, 0.15) is 6.42 Å². The van der Waals surface area contributed by atoms with Gasteiger partial charge in [-0.05, 0) is 30.3 Å². The Morgan fingerprint density at radius 2 is 1.73 bits per heavy atom. The molecule has 2 aromatic carbocycles. The lowest BCUT2D eigenvalue weighted by Gasteiger charge is -2.10. The molecular formula is C23H24N2O7S. The van der Waals surface area contributed by atoms with Crippen LogP contribution in [0.2, 0.25) is 0 Å². The summed E-state index contributed by atoms with van der Waals surface area (Å²) in [5.74, 6) is 1.33. The van der Waals surface area contributed by atoms with Crippen LogP contribution >= 0.6 is 11.3 Å². The Balaban J connectivity index is 1.47. The third-order valence-electron chi connectivity index (χ3n) is 4.43. The summed E-state index contributed by atoms with van der Waals surface area (Å²) in [6.45, 7) is -0.329. The smallest absolute Gasteiger partial charge is 0.309 e. The van der Waals surface area contributed by atoms with Crippen molar-refractivity contribution in [3.05, 3.63) is 47.8 Å². The number of hydrogen-bond donors (Lipinski definition) is 1. The van der Waals surface area contributed by atoms with Crippen molar-refractivity contribution in [1.82, 2.24) is 4.98 Å². The first-order valence-electron chi connectivity index (χ1n) is 9.93. The molecule has 0 aliphatic heterocycles. The first kappa shape index (κ1) is 23.9. The van der Waals surface area contributed by atoms with Gasteiger partial charge in [0.15, 0.2) is 23.2 Å². The number of aromatic nitrogens is 1. The SMILES string of the molecule is COc1ccc(OC)c(-c2csc(NC(=O)COC(=O)CCOc3ccccc3OC)n2)c1. The molecule has 0 fully saturated rings. The van der Waals surface area contributed by atoms with Crippen LogP contribution in [0.5, 0.6) is 23.0 Å². The molecule has 0 unspecified atom stereocenters. The van der Waals surface area contributed by atoms with Gasteiger partial charge in [0.25, 0.3) is 5.91 Å². The first-order valence-corrected chi connectivity index (χ1v) is 10.8. The predicted molar refractivity (Wildman–Crippen MR) is 123 cm³/mol. The number of nitrogens with one attached hydrogen (secondary N) is 1. The molecular weight excluding hydrogens is 448 g/mol. The van der Waals surface area contributed by atoms with Gasteiger partial charge < -0.3 is 23.7 Å². The molecule has 0 saturated carbocycles. The van der Waals surface area contributed by atoms with E-state index in [9.17, 15) is 9.59 Å². The lowest BCUT2D eigenvalue weighted by Crippen LogP contribution is -2.21. The zero-order valence-corrected chi connectivity index (χ0v) is 19.3. The summed E-state index contributed by atoms with van der Waals surface area (Å²) < 4.78 is 26.3. The Hall–Kier alpha value is -3.79. The molecule has 0 saturated heterocycles. The Kier molecular flexibility index (Phi) is 8.48. The topological polar surface area (TPSA) is 105 Å².